The number of hydrogen-bond acceptors (Lipinski definition) is 6. The number of aromatic amines is 1. The number of H-pyrrole nitrogens is 1. The number of terminal acetylenes is 1. The van der Waals surface area contributed by atoms with Crippen molar-refractivity contribution in [3.8, 4) is 12.8 Å². The number of anilines is 2. The summed E-state index contributed by atoms with van der Waals surface area (Å²) in [7, 11) is 0. The summed E-state index contributed by atoms with van der Waals surface area (Å²) in [6.45, 7) is 0. The lowest BCUT2D eigenvalue weighted by Gasteiger charge is -2.06. The van der Waals surface area contributed by atoms with Crippen molar-refractivity contribution < 1.29 is 0 Å². The fourth-order valence-electron chi connectivity index (χ4n) is 1.11. The van der Waals surface area contributed by atoms with Crippen LogP contribution in [0.1, 0.15) is 0 Å². The zero-order valence-corrected chi connectivity index (χ0v) is 12.0. The van der Waals surface area contributed by atoms with E-state index >= 15 is 0 Å². The summed E-state index contributed by atoms with van der Waals surface area (Å²) in [5, 5.41) is 0.979. The highest BCUT2D eigenvalue weighted by atomic mass is 35.5. The van der Waals surface area contributed by atoms with Gasteiger partial charge in [-0.1, -0.05) is 35.6 Å². The van der Waals surface area contributed by atoms with Crippen LogP contribution in [0, 0.1) is 17.5 Å². The second kappa shape index (κ2) is 6.99. The number of nitrogens with two attached hydrogens (primary N) is 2. The molecule has 0 atom stereocenters. The van der Waals surface area contributed by atoms with Crippen LogP contribution in [0.4, 0.5) is 11.6 Å². The molecule has 0 fully saturated rings. The molecule has 5 nitrogen and oxygen atoms in total. The highest BCUT2D eigenvalue weighted by molar-refractivity contribution is 7.99. The van der Waals surface area contributed by atoms with Crippen molar-refractivity contribution in [2.45, 2.75) is 9.92 Å². The van der Waals surface area contributed by atoms with Crippen molar-refractivity contribution in [3.63, 3.8) is 0 Å². The molecule has 2 aromatic rings. The molecule has 8 heteroatoms. The Labute approximate surface area is 124 Å². The molecule has 2 heterocycles. The number of nitrogens with one attached hydrogen (secondary N) is 1. The summed E-state index contributed by atoms with van der Waals surface area (Å²) >= 11 is 12.2. The maximum Gasteiger partial charge on any atom is 0.143 e. The number of rotatable bonds is 2. The molecule has 0 amide bonds. The number of pyridine rings is 1. The van der Waals surface area contributed by atoms with E-state index in [9.17, 15) is 0 Å². The van der Waals surface area contributed by atoms with E-state index in [4.69, 9.17) is 35.3 Å². The Hall–Kier alpha value is -1.75. The minimum Gasteiger partial charge on any atom is -0.383 e. The van der Waals surface area contributed by atoms with Gasteiger partial charge in [0.2, 0.25) is 0 Å². The zero-order chi connectivity index (χ0) is 14.4. The summed E-state index contributed by atoms with van der Waals surface area (Å²) in [5.74, 6) is 0.674. The topological polar surface area (TPSA) is 93.6 Å². The van der Waals surface area contributed by atoms with Crippen LogP contribution in [-0.2, 0) is 0 Å². The molecule has 0 unspecified atom stereocenters. The SMILES string of the molecule is C#C.Nc1nccc(Sc2ncc(=S)[nH]c2N)c1Cl. The Balaban J connectivity index is 0.000000861. The van der Waals surface area contributed by atoms with Gasteiger partial charge >= 0.3 is 0 Å². The van der Waals surface area contributed by atoms with Crippen LogP contribution < -0.4 is 11.5 Å². The quantitative estimate of drug-likeness (QED) is 0.583. The Morgan fingerprint density at radius 1 is 1.32 bits per heavy atom. The first kappa shape index (κ1) is 15.3. The van der Waals surface area contributed by atoms with Crippen LogP contribution in [0.2, 0.25) is 5.02 Å². The van der Waals surface area contributed by atoms with Crippen molar-refractivity contribution in [1.29, 1.82) is 0 Å². The van der Waals surface area contributed by atoms with E-state index in [1.54, 1.807) is 12.3 Å². The first-order chi connectivity index (χ1) is 9.08. The summed E-state index contributed by atoms with van der Waals surface area (Å²) in [5.41, 5.74) is 11.4. The van der Waals surface area contributed by atoms with Gasteiger partial charge in [0.25, 0.3) is 0 Å². The molecule has 19 heavy (non-hydrogen) atoms. The van der Waals surface area contributed by atoms with Gasteiger partial charge in [-0.25, -0.2) is 9.97 Å². The number of aromatic nitrogens is 3. The van der Waals surface area contributed by atoms with Gasteiger partial charge in [0, 0.05) is 11.1 Å². The average molecular weight is 312 g/mol. The third kappa shape index (κ3) is 3.86. The fourth-order valence-corrected chi connectivity index (χ4v) is 2.30. The first-order valence-corrected chi connectivity index (χ1v) is 6.44. The molecule has 2 rings (SSSR count). The largest absolute Gasteiger partial charge is 0.383 e. The molecule has 0 aliphatic heterocycles. The van der Waals surface area contributed by atoms with Crippen molar-refractivity contribution in [3.05, 3.63) is 28.1 Å². The predicted octanol–water partition coefficient (Wildman–Crippen LogP) is 2.75. The van der Waals surface area contributed by atoms with Crippen molar-refractivity contribution in [1.82, 2.24) is 15.0 Å². The third-order valence-corrected chi connectivity index (χ3v) is 3.67. The van der Waals surface area contributed by atoms with Gasteiger partial charge in [-0.15, -0.1) is 12.8 Å². The van der Waals surface area contributed by atoms with Gasteiger partial charge in [0.15, 0.2) is 0 Å². The van der Waals surface area contributed by atoms with Gasteiger partial charge in [-0.05, 0) is 6.07 Å². The van der Waals surface area contributed by atoms with E-state index in [1.807, 2.05) is 0 Å². The molecule has 2 aromatic heterocycles. The van der Waals surface area contributed by atoms with Crippen LogP contribution in [-0.4, -0.2) is 15.0 Å². The van der Waals surface area contributed by atoms with Crippen LogP contribution in [0.5, 0.6) is 0 Å². The van der Waals surface area contributed by atoms with Gasteiger partial charge in [-0.2, -0.15) is 0 Å². The summed E-state index contributed by atoms with van der Waals surface area (Å²) < 4.78 is 0.479. The second-order valence-electron chi connectivity index (χ2n) is 3.08. The lowest BCUT2D eigenvalue weighted by Crippen LogP contribution is -1.96. The Morgan fingerprint density at radius 3 is 2.63 bits per heavy atom. The Bertz CT molecular complexity index is 653. The van der Waals surface area contributed by atoms with Gasteiger partial charge in [0.1, 0.15) is 21.3 Å². The van der Waals surface area contributed by atoms with E-state index < -0.39 is 0 Å². The van der Waals surface area contributed by atoms with Crippen molar-refractivity contribution in [2.75, 3.05) is 11.5 Å². The molecule has 0 saturated carbocycles. The summed E-state index contributed by atoms with van der Waals surface area (Å²) in [4.78, 5) is 11.6. The van der Waals surface area contributed by atoms with Gasteiger partial charge < -0.3 is 16.5 Å². The van der Waals surface area contributed by atoms with Gasteiger partial charge in [-0.3, -0.25) is 0 Å². The molecule has 0 aliphatic rings. The highest BCUT2D eigenvalue weighted by Gasteiger charge is 2.09. The molecule has 0 aliphatic carbocycles. The predicted molar refractivity (Wildman–Crippen MR) is 81.5 cm³/mol. The minimum absolute atomic E-state index is 0.277. The minimum atomic E-state index is 0.277. The smallest absolute Gasteiger partial charge is 0.143 e. The molecule has 5 N–H and O–H groups in total. The molecule has 0 radical (unpaired) electrons. The molecule has 0 saturated heterocycles. The lowest BCUT2D eigenvalue weighted by molar-refractivity contribution is 1.06. The molecule has 0 aromatic carbocycles. The van der Waals surface area contributed by atoms with Crippen LogP contribution >= 0.6 is 35.6 Å². The molecule has 0 bridgehead atoms. The molecular formula is C11H10ClN5S2. The van der Waals surface area contributed by atoms with Crippen molar-refractivity contribution >= 4 is 47.2 Å². The lowest BCUT2D eigenvalue weighted by atomic mass is 10.5. The monoisotopic (exact) mass is 311 g/mol. The van der Waals surface area contributed by atoms with Crippen LogP contribution in [0.3, 0.4) is 0 Å². The zero-order valence-electron chi connectivity index (χ0n) is 9.63. The molecule has 0 spiro atoms. The standard InChI is InChI=1S/C9H8ClN5S2.C2H2/c10-6-4(1-2-13-7(6)11)17-9-8(12)15-5(16)3-14-9;1-2/h1-3H,(H2,11,13)(H3,12,15,16);1-2H. The number of nitrogens with zero attached hydrogens (tertiary/aromatic N) is 2. The molecule has 98 valence electrons. The highest BCUT2D eigenvalue weighted by Crippen LogP contribution is 2.35. The van der Waals surface area contributed by atoms with E-state index in [-0.39, 0.29) is 5.82 Å². The van der Waals surface area contributed by atoms with Crippen LogP contribution in [0.15, 0.2) is 28.4 Å². The fraction of sp³-hybridized carbons (Fsp3) is 0. The number of nitrogen functional groups attached to an aromatic ring is 2. The summed E-state index contributed by atoms with van der Waals surface area (Å²) in [6, 6.07) is 1.74. The normalized spacial score (nSPS) is 9.42. The maximum absolute atomic E-state index is 6.02. The first-order valence-electron chi connectivity index (χ1n) is 4.84. The van der Waals surface area contributed by atoms with E-state index in [0.29, 0.717) is 20.5 Å². The maximum atomic E-state index is 6.02. The van der Waals surface area contributed by atoms with Crippen LogP contribution in [0.25, 0.3) is 0 Å². The van der Waals surface area contributed by atoms with E-state index in [1.165, 1.54) is 18.0 Å². The van der Waals surface area contributed by atoms with E-state index in [0.717, 1.165) is 4.90 Å². The van der Waals surface area contributed by atoms with Crippen molar-refractivity contribution in [2.24, 2.45) is 0 Å². The van der Waals surface area contributed by atoms with E-state index in [2.05, 4.69) is 27.8 Å². The average Bonchev–Trinajstić information content (AvgIpc) is 2.40. The molecular weight excluding hydrogens is 302 g/mol. The Kier molecular flexibility index (Phi) is 5.63. The number of halogens is 1. The Morgan fingerprint density at radius 2 is 2.00 bits per heavy atom. The third-order valence-electron chi connectivity index (χ3n) is 1.87. The number of hydrogen-bond donors (Lipinski definition) is 3. The van der Waals surface area contributed by atoms with Gasteiger partial charge in [0.05, 0.1) is 11.2 Å². The second-order valence-corrected chi connectivity index (χ2v) is 4.93. The summed E-state index contributed by atoms with van der Waals surface area (Å²) in [6.07, 6.45) is 11.1.